The number of carbonyl (C=O) groups is 2. The highest BCUT2D eigenvalue weighted by molar-refractivity contribution is 6.03. The van der Waals surface area contributed by atoms with Gasteiger partial charge in [0.05, 0.1) is 20.3 Å². The van der Waals surface area contributed by atoms with Crippen molar-refractivity contribution in [3.63, 3.8) is 0 Å². The van der Waals surface area contributed by atoms with Gasteiger partial charge in [-0.3, -0.25) is 9.59 Å². The summed E-state index contributed by atoms with van der Waals surface area (Å²) < 4.78 is 9.70. The largest absolute Gasteiger partial charge is 0.469 e. The van der Waals surface area contributed by atoms with Gasteiger partial charge in [0.15, 0.2) is 5.82 Å². The Morgan fingerprint density at radius 2 is 2.16 bits per heavy atom. The van der Waals surface area contributed by atoms with Crippen molar-refractivity contribution in [1.82, 2.24) is 9.97 Å². The molecular formula is C12H15N3O4. The van der Waals surface area contributed by atoms with Crippen molar-refractivity contribution in [3.05, 3.63) is 18.1 Å². The van der Waals surface area contributed by atoms with Crippen molar-refractivity contribution in [3.8, 4) is 0 Å². The van der Waals surface area contributed by atoms with Gasteiger partial charge in [-0.15, -0.1) is 0 Å². The lowest BCUT2D eigenvalue weighted by Crippen LogP contribution is -2.37. The van der Waals surface area contributed by atoms with Crippen LogP contribution in [0, 0.1) is 0 Å². The summed E-state index contributed by atoms with van der Waals surface area (Å²) >= 11 is 0. The minimum Gasteiger partial charge on any atom is -0.469 e. The number of nitrogens with zero attached hydrogens (tertiary/aromatic N) is 3. The zero-order chi connectivity index (χ0) is 13.7. The number of ketones is 1. The third-order valence-electron chi connectivity index (χ3n) is 2.76. The van der Waals surface area contributed by atoms with Crippen LogP contribution in [0.3, 0.4) is 0 Å². The van der Waals surface area contributed by atoms with Crippen LogP contribution in [0.1, 0.15) is 17.0 Å². The molecule has 0 aliphatic carbocycles. The zero-order valence-corrected chi connectivity index (χ0v) is 10.7. The van der Waals surface area contributed by atoms with Crippen LogP contribution in [-0.2, 0) is 14.3 Å². The van der Waals surface area contributed by atoms with Crippen LogP contribution >= 0.6 is 0 Å². The molecule has 0 radical (unpaired) electrons. The molecule has 1 aromatic rings. The van der Waals surface area contributed by atoms with Crippen LogP contribution in [-0.4, -0.2) is 55.1 Å². The second-order valence-corrected chi connectivity index (χ2v) is 4.01. The van der Waals surface area contributed by atoms with Gasteiger partial charge >= 0.3 is 5.97 Å². The fourth-order valence-electron chi connectivity index (χ4n) is 1.73. The lowest BCUT2D eigenvalue weighted by Gasteiger charge is -2.27. The minimum atomic E-state index is -0.592. The van der Waals surface area contributed by atoms with Crippen LogP contribution < -0.4 is 4.90 Å². The first kappa shape index (κ1) is 13.4. The first-order valence-corrected chi connectivity index (χ1v) is 5.96. The molecule has 0 atom stereocenters. The smallest absolute Gasteiger partial charge is 0.313 e. The van der Waals surface area contributed by atoms with Crippen LogP contribution in [0.2, 0.25) is 0 Å². The molecule has 0 bridgehead atoms. The minimum absolute atomic E-state index is 0.0365. The number of aromatic nitrogens is 2. The van der Waals surface area contributed by atoms with Crippen molar-refractivity contribution in [2.45, 2.75) is 6.42 Å². The van der Waals surface area contributed by atoms with Gasteiger partial charge in [0.1, 0.15) is 12.2 Å². The summed E-state index contributed by atoms with van der Waals surface area (Å²) in [4.78, 5) is 32.9. The fraction of sp³-hybridized carbons (Fsp3) is 0.500. The Bertz CT molecular complexity index is 472. The van der Waals surface area contributed by atoms with Gasteiger partial charge in [-0.25, -0.2) is 9.97 Å². The number of rotatable bonds is 4. The van der Waals surface area contributed by atoms with Gasteiger partial charge in [-0.2, -0.15) is 0 Å². The number of Topliss-reactive ketones (excluding diaryl/α,β-unsaturated/α-hetero) is 1. The average Bonchev–Trinajstić information content (AvgIpc) is 2.48. The molecule has 102 valence electrons. The van der Waals surface area contributed by atoms with E-state index in [1.54, 1.807) is 6.07 Å². The molecule has 0 spiro atoms. The maximum Gasteiger partial charge on any atom is 0.313 e. The number of hydrogen-bond donors (Lipinski definition) is 0. The molecule has 1 fully saturated rings. The molecule has 1 aromatic heterocycles. The number of esters is 1. The summed E-state index contributed by atoms with van der Waals surface area (Å²) in [5.41, 5.74) is 0. The maximum atomic E-state index is 11.8. The number of morpholine rings is 1. The van der Waals surface area contributed by atoms with E-state index in [0.29, 0.717) is 19.0 Å². The Labute approximate surface area is 110 Å². The van der Waals surface area contributed by atoms with Gasteiger partial charge in [-0.05, 0) is 6.07 Å². The quantitative estimate of drug-likeness (QED) is 0.432. The molecular weight excluding hydrogens is 250 g/mol. The van der Waals surface area contributed by atoms with Gasteiger partial charge in [0.2, 0.25) is 5.78 Å². The van der Waals surface area contributed by atoms with E-state index in [2.05, 4.69) is 14.7 Å². The van der Waals surface area contributed by atoms with Gasteiger partial charge < -0.3 is 14.4 Å². The lowest BCUT2D eigenvalue weighted by atomic mass is 10.2. The molecule has 0 unspecified atom stereocenters. The van der Waals surface area contributed by atoms with Crippen molar-refractivity contribution in [2.75, 3.05) is 38.3 Å². The van der Waals surface area contributed by atoms with Crippen LogP contribution in [0.15, 0.2) is 12.3 Å². The Hall–Kier alpha value is -2.02. The van der Waals surface area contributed by atoms with Gasteiger partial charge in [0, 0.05) is 19.3 Å². The topological polar surface area (TPSA) is 81.6 Å². The molecule has 19 heavy (non-hydrogen) atoms. The molecule has 7 nitrogen and oxygen atoms in total. The van der Waals surface area contributed by atoms with Crippen molar-refractivity contribution < 1.29 is 19.1 Å². The molecule has 0 aromatic carbocycles. The summed E-state index contributed by atoms with van der Waals surface area (Å²) in [5.74, 6) is -0.326. The number of methoxy groups -OCH3 is 1. The molecule has 1 aliphatic heterocycles. The summed E-state index contributed by atoms with van der Waals surface area (Å²) in [6.45, 7) is 2.72. The summed E-state index contributed by atoms with van der Waals surface area (Å²) in [5, 5.41) is 0. The Balaban J connectivity index is 2.09. The standard InChI is InChI=1S/C12H15N3O4/c1-18-11(17)8-9(16)12-13-3-2-10(14-12)15-4-6-19-7-5-15/h2-3H,4-8H2,1H3. The molecule has 1 saturated heterocycles. The van der Waals surface area contributed by atoms with Crippen molar-refractivity contribution in [2.24, 2.45) is 0 Å². The first-order valence-electron chi connectivity index (χ1n) is 5.96. The van der Waals surface area contributed by atoms with Gasteiger partial charge in [0.25, 0.3) is 0 Å². The normalized spacial score (nSPS) is 15.1. The van der Waals surface area contributed by atoms with E-state index in [1.165, 1.54) is 13.3 Å². The summed E-state index contributed by atoms with van der Waals surface area (Å²) in [7, 11) is 1.24. The number of hydrogen-bond acceptors (Lipinski definition) is 7. The Morgan fingerprint density at radius 1 is 1.42 bits per heavy atom. The molecule has 2 rings (SSSR count). The number of carbonyl (C=O) groups excluding carboxylic acids is 2. The van der Waals surface area contributed by atoms with E-state index in [1.807, 2.05) is 4.90 Å². The Kier molecular flexibility index (Phi) is 4.40. The maximum absolute atomic E-state index is 11.8. The van der Waals surface area contributed by atoms with Crippen LogP contribution in [0.4, 0.5) is 5.82 Å². The molecule has 0 N–H and O–H groups in total. The monoisotopic (exact) mass is 265 g/mol. The second kappa shape index (κ2) is 6.24. The SMILES string of the molecule is COC(=O)CC(=O)c1nccc(N2CCOCC2)n1. The number of ether oxygens (including phenoxy) is 2. The van der Waals surface area contributed by atoms with E-state index in [0.717, 1.165) is 13.1 Å². The molecule has 0 amide bonds. The molecule has 7 heteroatoms. The molecule has 0 saturated carbocycles. The lowest BCUT2D eigenvalue weighted by molar-refractivity contribution is -0.139. The van der Waals surface area contributed by atoms with Crippen LogP contribution in [0.25, 0.3) is 0 Å². The van der Waals surface area contributed by atoms with E-state index >= 15 is 0 Å². The predicted octanol–water partition coefficient (Wildman–Crippen LogP) is 0.0590. The predicted molar refractivity (Wildman–Crippen MR) is 66.0 cm³/mol. The Morgan fingerprint density at radius 3 is 2.84 bits per heavy atom. The fourth-order valence-corrected chi connectivity index (χ4v) is 1.73. The van der Waals surface area contributed by atoms with E-state index < -0.39 is 11.8 Å². The molecule has 2 heterocycles. The third kappa shape index (κ3) is 3.47. The summed E-state index contributed by atoms with van der Waals surface area (Å²) in [6, 6.07) is 1.74. The molecule has 1 aliphatic rings. The van der Waals surface area contributed by atoms with E-state index in [4.69, 9.17) is 4.74 Å². The summed E-state index contributed by atoms with van der Waals surface area (Å²) in [6.07, 6.45) is 1.17. The van der Waals surface area contributed by atoms with E-state index in [-0.39, 0.29) is 12.2 Å². The van der Waals surface area contributed by atoms with Crippen molar-refractivity contribution >= 4 is 17.6 Å². The average molecular weight is 265 g/mol. The third-order valence-corrected chi connectivity index (χ3v) is 2.76. The number of anilines is 1. The van der Waals surface area contributed by atoms with Crippen LogP contribution in [0.5, 0.6) is 0 Å². The highest BCUT2D eigenvalue weighted by atomic mass is 16.5. The van der Waals surface area contributed by atoms with Crippen molar-refractivity contribution in [1.29, 1.82) is 0 Å². The second-order valence-electron chi connectivity index (χ2n) is 4.01. The highest BCUT2D eigenvalue weighted by Gasteiger charge is 2.18. The highest BCUT2D eigenvalue weighted by Crippen LogP contribution is 2.12. The zero-order valence-electron chi connectivity index (χ0n) is 10.7. The van der Waals surface area contributed by atoms with Gasteiger partial charge in [-0.1, -0.05) is 0 Å². The van der Waals surface area contributed by atoms with E-state index in [9.17, 15) is 9.59 Å². The first-order chi connectivity index (χ1) is 9.20.